The van der Waals surface area contributed by atoms with E-state index in [0.29, 0.717) is 30.2 Å². The number of rotatable bonds is 5. The van der Waals surface area contributed by atoms with Crippen molar-refractivity contribution in [2.24, 2.45) is 5.92 Å². The van der Waals surface area contributed by atoms with Crippen LogP contribution >= 0.6 is 0 Å². The molecule has 1 N–H and O–H groups in total. The smallest absolute Gasteiger partial charge is 0.316 e. The monoisotopic (exact) mass is 391 g/mol. The van der Waals surface area contributed by atoms with Gasteiger partial charge in [0.15, 0.2) is 9.84 Å². The molecule has 3 heterocycles. The molecule has 2 aliphatic rings. The number of halogens is 1. The van der Waals surface area contributed by atoms with E-state index in [1.165, 1.54) is 37.4 Å². The summed E-state index contributed by atoms with van der Waals surface area (Å²) < 4.78 is 43.0. The lowest BCUT2D eigenvalue weighted by atomic mass is 9.93. The van der Waals surface area contributed by atoms with Crippen LogP contribution in [0.5, 0.6) is 6.01 Å². The fourth-order valence-corrected chi connectivity index (χ4v) is 4.63. The van der Waals surface area contributed by atoms with Gasteiger partial charge in [-0.3, -0.25) is 0 Å². The molecule has 0 saturated carbocycles. The van der Waals surface area contributed by atoms with Crippen molar-refractivity contribution in [2.45, 2.75) is 42.7 Å². The number of fused-ring (bicyclic) bond motifs is 2. The van der Waals surface area contributed by atoms with Crippen molar-refractivity contribution in [3.8, 4) is 17.1 Å². The van der Waals surface area contributed by atoms with E-state index in [9.17, 15) is 12.8 Å². The zero-order chi connectivity index (χ0) is 19.0. The number of sulfone groups is 1. The first-order chi connectivity index (χ1) is 12.9. The van der Waals surface area contributed by atoms with Gasteiger partial charge in [-0.25, -0.2) is 22.8 Å². The Kier molecular flexibility index (Phi) is 4.86. The lowest BCUT2D eigenvalue weighted by molar-refractivity contribution is 0.180. The largest absolute Gasteiger partial charge is 0.463 e. The Balaban J connectivity index is 1.41. The molecule has 0 spiro atoms. The number of ether oxygens (including phenoxy) is 1. The summed E-state index contributed by atoms with van der Waals surface area (Å²) in [5.41, 5.74) is 0.726. The number of aromatic nitrogens is 2. The van der Waals surface area contributed by atoms with Crippen LogP contribution in [0.3, 0.4) is 0 Å². The van der Waals surface area contributed by atoms with Crippen molar-refractivity contribution in [1.82, 2.24) is 15.3 Å². The van der Waals surface area contributed by atoms with Gasteiger partial charge in [0, 0.05) is 41.9 Å². The van der Waals surface area contributed by atoms with Crippen molar-refractivity contribution in [1.29, 1.82) is 0 Å². The lowest BCUT2D eigenvalue weighted by Gasteiger charge is -2.28. The van der Waals surface area contributed by atoms with Gasteiger partial charge in [0.25, 0.3) is 0 Å². The van der Waals surface area contributed by atoms with Gasteiger partial charge in [0.2, 0.25) is 0 Å². The van der Waals surface area contributed by atoms with Crippen molar-refractivity contribution < 1.29 is 17.5 Å². The van der Waals surface area contributed by atoms with Crippen LogP contribution < -0.4 is 10.1 Å². The molecule has 2 aliphatic heterocycles. The molecule has 2 aromatic rings. The number of nitrogens with one attached hydrogen (secondary N) is 1. The number of benzene rings is 1. The summed E-state index contributed by atoms with van der Waals surface area (Å²) in [6.07, 6.45) is 8.76. The van der Waals surface area contributed by atoms with Gasteiger partial charge >= 0.3 is 6.01 Å². The van der Waals surface area contributed by atoms with Gasteiger partial charge in [-0.15, -0.1) is 0 Å². The van der Waals surface area contributed by atoms with Crippen molar-refractivity contribution in [3.63, 3.8) is 0 Å². The maximum Gasteiger partial charge on any atom is 0.316 e. The van der Waals surface area contributed by atoms with E-state index in [1.807, 2.05) is 0 Å². The summed E-state index contributed by atoms with van der Waals surface area (Å²) in [7, 11) is -3.45. The van der Waals surface area contributed by atoms with E-state index < -0.39 is 15.7 Å². The molecular weight excluding hydrogens is 369 g/mol. The fourth-order valence-electron chi connectivity index (χ4n) is 3.99. The van der Waals surface area contributed by atoms with Crippen LogP contribution in [0.4, 0.5) is 4.39 Å². The SMILES string of the molecule is CS(=O)(=O)c1ccc(-c2cnc(OCC3CC4CCC(C3)N4)nc2)c(F)c1. The summed E-state index contributed by atoms with van der Waals surface area (Å²) in [6.45, 7) is 0.589. The van der Waals surface area contributed by atoms with Crippen LogP contribution in [-0.4, -0.2) is 43.3 Å². The Labute approximate surface area is 158 Å². The number of nitrogens with zero attached hydrogens (tertiary/aromatic N) is 2. The average molecular weight is 391 g/mol. The molecule has 1 aromatic heterocycles. The maximum atomic E-state index is 14.3. The zero-order valence-electron chi connectivity index (χ0n) is 15.1. The van der Waals surface area contributed by atoms with Gasteiger partial charge in [-0.05, 0) is 43.7 Å². The van der Waals surface area contributed by atoms with Gasteiger partial charge in [-0.1, -0.05) is 6.07 Å². The van der Waals surface area contributed by atoms with E-state index in [-0.39, 0.29) is 16.5 Å². The minimum absolute atomic E-state index is 0.0550. The third kappa shape index (κ3) is 4.11. The Bertz CT molecular complexity index is 922. The van der Waals surface area contributed by atoms with Gasteiger partial charge in [-0.2, -0.15) is 0 Å². The van der Waals surface area contributed by atoms with Crippen LogP contribution in [0.25, 0.3) is 11.1 Å². The molecule has 4 rings (SSSR count). The highest BCUT2D eigenvalue weighted by Crippen LogP contribution is 2.31. The predicted octanol–water partition coefficient (Wildman–Crippen LogP) is 2.60. The summed E-state index contributed by atoms with van der Waals surface area (Å²) >= 11 is 0. The predicted molar refractivity (Wildman–Crippen MR) is 98.7 cm³/mol. The first-order valence-electron chi connectivity index (χ1n) is 9.09. The molecule has 144 valence electrons. The van der Waals surface area contributed by atoms with E-state index >= 15 is 0 Å². The molecule has 27 heavy (non-hydrogen) atoms. The zero-order valence-corrected chi connectivity index (χ0v) is 15.9. The summed E-state index contributed by atoms with van der Waals surface area (Å²) in [6, 6.07) is 5.31. The summed E-state index contributed by atoms with van der Waals surface area (Å²) in [5, 5.41) is 3.60. The first-order valence-corrected chi connectivity index (χ1v) is 11.0. The van der Waals surface area contributed by atoms with E-state index in [4.69, 9.17) is 4.74 Å². The van der Waals surface area contributed by atoms with Crippen LogP contribution in [0.2, 0.25) is 0 Å². The molecule has 2 bridgehead atoms. The minimum Gasteiger partial charge on any atom is -0.463 e. The lowest BCUT2D eigenvalue weighted by Crippen LogP contribution is -2.39. The quantitative estimate of drug-likeness (QED) is 0.844. The highest BCUT2D eigenvalue weighted by Gasteiger charge is 2.33. The van der Waals surface area contributed by atoms with Crippen molar-refractivity contribution in [3.05, 3.63) is 36.4 Å². The van der Waals surface area contributed by atoms with Crippen LogP contribution in [0.1, 0.15) is 25.7 Å². The maximum absolute atomic E-state index is 14.3. The standard InChI is InChI=1S/C19H22FN3O3S/c1-27(24,25)16-4-5-17(18(20)8-16)13-9-21-19(22-10-13)26-11-12-6-14-2-3-15(7-12)23-14/h4-5,8-10,12,14-15,23H,2-3,6-7,11H2,1H3. The molecule has 0 radical (unpaired) electrons. The summed E-state index contributed by atoms with van der Waals surface area (Å²) in [5.74, 6) is -0.117. The highest BCUT2D eigenvalue weighted by molar-refractivity contribution is 7.90. The molecule has 2 unspecified atom stereocenters. The normalized spacial score (nSPS) is 24.7. The third-order valence-electron chi connectivity index (χ3n) is 5.33. The molecule has 8 heteroatoms. The Morgan fingerprint density at radius 3 is 2.44 bits per heavy atom. The van der Waals surface area contributed by atoms with Crippen LogP contribution in [0, 0.1) is 11.7 Å². The summed E-state index contributed by atoms with van der Waals surface area (Å²) in [4.78, 5) is 8.29. The second kappa shape index (κ2) is 7.16. The molecule has 1 aromatic carbocycles. The first kappa shape index (κ1) is 18.3. The van der Waals surface area contributed by atoms with Crippen molar-refractivity contribution >= 4 is 9.84 Å². The van der Waals surface area contributed by atoms with E-state index in [0.717, 1.165) is 25.2 Å². The third-order valence-corrected chi connectivity index (χ3v) is 6.44. The van der Waals surface area contributed by atoms with E-state index in [2.05, 4.69) is 15.3 Å². The van der Waals surface area contributed by atoms with Gasteiger partial charge < -0.3 is 10.1 Å². The molecule has 2 fully saturated rings. The second-order valence-electron chi connectivity index (χ2n) is 7.45. The Morgan fingerprint density at radius 1 is 1.19 bits per heavy atom. The molecule has 0 amide bonds. The molecule has 2 saturated heterocycles. The Morgan fingerprint density at radius 2 is 1.85 bits per heavy atom. The Hall–Kier alpha value is -2.06. The highest BCUT2D eigenvalue weighted by atomic mass is 32.2. The number of piperidine rings is 1. The fraction of sp³-hybridized carbons (Fsp3) is 0.474. The van der Waals surface area contributed by atoms with Gasteiger partial charge in [0.1, 0.15) is 5.82 Å². The number of hydrogen-bond acceptors (Lipinski definition) is 6. The second-order valence-corrected chi connectivity index (χ2v) is 9.47. The van der Waals surface area contributed by atoms with Crippen LogP contribution in [0.15, 0.2) is 35.5 Å². The number of hydrogen-bond donors (Lipinski definition) is 1. The van der Waals surface area contributed by atoms with Crippen molar-refractivity contribution in [2.75, 3.05) is 12.9 Å². The van der Waals surface area contributed by atoms with Crippen LogP contribution in [-0.2, 0) is 9.84 Å². The minimum atomic E-state index is -3.45. The molecule has 2 atom stereocenters. The van der Waals surface area contributed by atoms with E-state index in [1.54, 1.807) is 0 Å². The molecule has 0 aliphatic carbocycles. The topological polar surface area (TPSA) is 81.2 Å². The van der Waals surface area contributed by atoms with Gasteiger partial charge in [0.05, 0.1) is 11.5 Å². The average Bonchev–Trinajstić information content (AvgIpc) is 2.98. The molecular formula is C19H22FN3O3S. The molecule has 6 nitrogen and oxygen atoms in total.